The van der Waals surface area contributed by atoms with Crippen LogP contribution in [0, 0.1) is 13.8 Å². The van der Waals surface area contributed by atoms with Crippen LogP contribution in [0.25, 0.3) is 0 Å². The fourth-order valence-corrected chi connectivity index (χ4v) is 3.62. The van der Waals surface area contributed by atoms with Gasteiger partial charge in [0.15, 0.2) is 5.82 Å². The monoisotopic (exact) mass is 454 g/mol. The first kappa shape index (κ1) is 23.7. The van der Waals surface area contributed by atoms with Crippen LogP contribution in [-0.2, 0) is 16.8 Å². The van der Waals surface area contributed by atoms with Crippen LogP contribution in [0.2, 0.25) is 0 Å². The summed E-state index contributed by atoms with van der Waals surface area (Å²) in [6.07, 6.45) is 0. The third-order valence-electron chi connectivity index (χ3n) is 4.89. The number of aromatic amines is 1. The Hall–Kier alpha value is -3.00. The molecule has 0 unspecified atom stereocenters. The van der Waals surface area contributed by atoms with Crippen LogP contribution in [0.3, 0.4) is 0 Å². The zero-order chi connectivity index (χ0) is 23.3. The Labute approximate surface area is 193 Å². The number of nitrogens with zero attached hydrogens (tertiary/aromatic N) is 2. The first-order valence-corrected chi connectivity index (χ1v) is 11.4. The van der Waals surface area contributed by atoms with Gasteiger partial charge in [-0.3, -0.25) is 9.89 Å². The Balaban J connectivity index is 1.56. The van der Waals surface area contributed by atoms with E-state index in [0.29, 0.717) is 22.4 Å². The van der Waals surface area contributed by atoms with E-state index in [0.717, 1.165) is 22.4 Å². The van der Waals surface area contributed by atoms with E-state index in [9.17, 15) is 4.79 Å². The van der Waals surface area contributed by atoms with Gasteiger partial charge in [0.25, 0.3) is 0 Å². The number of carbonyl (C=O) groups excluding carboxylic acids is 1. The molecule has 2 N–H and O–H groups in total. The number of anilines is 1. The molecule has 0 aliphatic carbocycles. The molecule has 3 aromatic rings. The van der Waals surface area contributed by atoms with Gasteiger partial charge in [-0.25, -0.2) is 4.98 Å². The van der Waals surface area contributed by atoms with Crippen LogP contribution >= 0.6 is 11.8 Å². The molecule has 0 aliphatic heterocycles. The highest BCUT2D eigenvalue weighted by atomic mass is 32.2. The van der Waals surface area contributed by atoms with Gasteiger partial charge in [0.1, 0.15) is 18.1 Å². The minimum atomic E-state index is -0.155. The van der Waals surface area contributed by atoms with Gasteiger partial charge in [-0.05, 0) is 54.2 Å². The molecule has 0 atom stereocenters. The highest BCUT2D eigenvalue weighted by molar-refractivity contribution is 7.99. The van der Waals surface area contributed by atoms with Gasteiger partial charge in [0.2, 0.25) is 11.1 Å². The van der Waals surface area contributed by atoms with Crippen LogP contribution in [0.4, 0.5) is 5.69 Å². The number of hydrogen-bond donors (Lipinski definition) is 2. The largest absolute Gasteiger partial charge is 0.495 e. The molecule has 1 aromatic heterocycles. The van der Waals surface area contributed by atoms with Crippen molar-refractivity contribution in [2.75, 3.05) is 18.2 Å². The SMILES string of the molecule is COc1ccc(C(C)(C)C)cc1NC(=O)CSc1n[nH]c(COc2cc(C)ccc2C)n1. The van der Waals surface area contributed by atoms with Crippen molar-refractivity contribution >= 4 is 23.4 Å². The van der Waals surface area contributed by atoms with Crippen molar-refractivity contribution in [2.45, 2.75) is 51.8 Å². The van der Waals surface area contributed by atoms with Gasteiger partial charge >= 0.3 is 0 Å². The second-order valence-corrected chi connectivity index (χ2v) is 9.57. The number of hydrogen-bond acceptors (Lipinski definition) is 6. The van der Waals surface area contributed by atoms with Crippen molar-refractivity contribution in [1.82, 2.24) is 15.2 Å². The number of amides is 1. The molecule has 1 heterocycles. The third-order valence-corrected chi connectivity index (χ3v) is 5.74. The smallest absolute Gasteiger partial charge is 0.234 e. The lowest BCUT2D eigenvalue weighted by Crippen LogP contribution is -2.17. The Bertz CT molecular complexity index is 1090. The summed E-state index contributed by atoms with van der Waals surface area (Å²) in [4.78, 5) is 16.9. The highest BCUT2D eigenvalue weighted by Crippen LogP contribution is 2.31. The summed E-state index contributed by atoms with van der Waals surface area (Å²) in [6.45, 7) is 10.7. The first-order chi connectivity index (χ1) is 15.2. The minimum absolute atomic E-state index is 0.0328. The molecule has 3 rings (SSSR count). The third kappa shape index (κ3) is 6.26. The average Bonchev–Trinajstić information content (AvgIpc) is 3.20. The lowest BCUT2D eigenvalue weighted by atomic mass is 9.87. The molecular formula is C24H30N4O3S. The maximum atomic E-state index is 12.5. The van der Waals surface area contributed by atoms with E-state index < -0.39 is 0 Å². The standard InChI is InChI=1S/C24H30N4O3S/c1-15-7-8-16(2)20(11-15)31-13-21-26-23(28-27-21)32-14-22(29)25-18-12-17(24(3,4)5)9-10-19(18)30-6/h7-12H,13-14H2,1-6H3,(H,25,29)(H,26,27,28). The molecule has 2 aromatic carbocycles. The number of rotatable bonds is 8. The van der Waals surface area contributed by atoms with Crippen molar-refractivity contribution in [3.05, 3.63) is 58.9 Å². The van der Waals surface area contributed by atoms with E-state index in [1.807, 2.05) is 50.2 Å². The summed E-state index contributed by atoms with van der Waals surface area (Å²) < 4.78 is 11.2. The summed E-state index contributed by atoms with van der Waals surface area (Å²) in [5.41, 5.74) is 3.93. The number of thioether (sulfide) groups is 1. The Morgan fingerprint density at radius 1 is 1.12 bits per heavy atom. The molecule has 0 aliphatic rings. The molecule has 7 nitrogen and oxygen atoms in total. The molecule has 0 fully saturated rings. The maximum Gasteiger partial charge on any atom is 0.234 e. The normalized spacial score (nSPS) is 11.3. The summed E-state index contributed by atoms with van der Waals surface area (Å²) in [5.74, 6) is 2.07. The highest BCUT2D eigenvalue weighted by Gasteiger charge is 2.17. The van der Waals surface area contributed by atoms with Crippen molar-refractivity contribution in [1.29, 1.82) is 0 Å². The van der Waals surface area contributed by atoms with Crippen LogP contribution < -0.4 is 14.8 Å². The quantitative estimate of drug-likeness (QED) is 0.464. The second-order valence-electron chi connectivity index (χ2n) is 8.62. The predicted molar refractivity (Wildman–Crippen MR) is 128 cm³/mol. The topological polar surface area (TPSA) is 89.1 Å². The summed E-state index contributed by atoms with van der Waals surface area (Å²) >= 11 is 1.26. The molecule has 32 heavy (non-hydrogen) atoms. The number of H-pyrrole nitrogens is 1. The number of ether oxygens (including phenoxy) is 2. The van der Waals surface area contributed by atoms with Crippen LogP contribution in [0.1, 0.15) is 43.3 Å². The molecule has 0 radical (unpaired) electrons. The summed E-state index contributed by atoms with van der Waals surface area (Å²) in [7, 11) is 1.59. The zero-order valence-electron chi connectivity index (χ0n) is 19.4. The van der Waals surface area contributed by atoms with Gasteiger partial charge < -0.3 is 14.8 Å². The number of benzene rings is 2. The van der Waals surface area contributed by atoms with Gasteiger partial charge in [-0.15, -0.1) is 5.10 Å². The van der Waals surface area contributed by atoms with E-state index in [1.54, 1.807) is 7.11 Å². The number of methoxy groups -OCH3 is 1. The fourth-order valence-electron chi connectivity index (χ4n) is 3.00. The van der Waals surface area contributed by atoms with Crippen molar-refractivity contribution in [3.63, 3.8) is 0 Å². The Morgan fingerprint density at radius 3 is 2.62 bits per heavy atom. The number of aryl methyl sites for hydroxylation is 2. The molecule has 1 amide bonds. The van der Waals surface area contributed by atoms with Gasteiger partial charge in [-0.2, -0.15) is 0 Å². The van der Waals surface area contributed by atoms with E-state index in [1.165, 1.54) is 11.8 Å². The van der Waals surface area contributed by atoms with Gasteiger partial charge in [-0.1, -0.05) is 50.7 Å². The Morgan fingerprint density at radius 2 is 1.91 bits per heavy atom. The lowest BCUT2D eigenvalue weighted by Gasteiger charge is -2.21. The molecular weight excluding hydrogens is 424 g/mol. The zero-order valence-corrected chi connectivity index (χ0v) is 20.2. The Kier molecular flexibility index (Phi) is 7.45. The number of nitrogens with one attached hydrogen (secondary N) is 2. The van der Waals surface area contributed by atoms with Crippen molar-refractivity contribution in [2.24, 2.45) is 0 Å². The fraction of sp³-hybridized carbons (Fsp3) is 0.375. The van der Waals surface area contributed by atoms with Crippen molar-refractivity contribution in [3.8, 4) is 11.5 Å². The molecule has 170 valence electrons. The van der Waals surface area contributed by atoms with E-state index in [2.05, 4.69) is 41.3 Å². The molecule has 0 bridgehead atoms. The van der Waals surface area contributed by atoms with Crippen LogP contribution in [0.15, 0.2) is 41.6 Å². The van der Waals surface area contributed by atoms with E-state index in [4.69, 9.17) is 9.47 Å². The maximum absolute atomic E-state index is 12.5. The van der Waals surface area contributed by atoms with Gasteiger partial charge in [0.05, 0.1) is 18.6 Å². The number of carbonyl (C=O) groups is 1. The molecule has 0 saturated carbocycles. The molecule has 0 spiro atoms. The average molecular weight is 455 g/mol. The van der Waals surface area contributed by atoms with Crippen molar-refractivity contribution < 1.29 is 14.3 Å². The van der Waals surface area contributed by atoms with Crippen LogP contribution in [-0.4, -0.2) is 34.0 Å². The first-order valence-electron chi connectivity index (χ1n) is 10.4. The summed E-state index contributed by atoms with van der Waals surface area (Å²) in [6, 6.07) is 11.9. The minimum Gasteiger partial charge on any atom is -0.495 e. The van der Waals surface area contributed by atoms with E-state index in [-0.39, 0.29) is 23.7 Å². The second kappa shape index (κ2) is 10.1. The number of aromatic nitrogens is 3. The van der Waals surface area contributed by atoms with Gasteiger partial charge in [0, 0.05) is 0 Å². The lowest BCUT2D eigenvalue weighted by molar-refractivity contribution is -0.113. The van der Waals surface area contributed by atoms with E-state index >= 15 is 0 Å². The van der Waals surface area contributed by atoms with Crippen LogP contribution in [0.5, 0.6) is 11.5 Å². The predicted octanol–water partition coefficient (Wildman–Crippen LogP) is 5.04. The molecule has 0 saturated heterocycles. The molecule has 8 heteroatoms. The summed E-state index contributed by atoms with van der Waals surface area (Å²) in [5, 5.41) is 10.5.